The molecule has 4 rings (SSSR count). The second kappa shape index (κ2) is 8.19. The number of amides is 1. The summed E-state index contributed by atoms with van der Waals surface area (Å²) in [6, 6.07) is 9.50. The fourth-order valence-electron chi connectivity index (χ4n) is 3.10. The standard InChI is InChI=1S/C19H19ClN2O6S/c20-16-3-2-14(29(24,25)22-5-7-26-8-6-22)10-15(16)19(23)21-11-13-1-4-17-18(9-13)28-12-27-17/h1-4,9-10H,5-8,11-12H2,(H,21,23). The highest BCUT2D eigenvalue weighted by Crippen LogP contribution is 2.32. The van der Waals surface area contributed by atoms with Crippen LogP contribution in [0.15, 0.2) is 41.3 Å². The minimum Gasteiger partial charge on any atom is -0.454 e. The number of hydrogen-bond acceptors (Lipinski definition) is 6. The maximum absolute atomic E-state index is 12.8. The van der Waals surface area contributed by atoms with Crippen LogP contribution in [0.4, 0.5) is 0 Å². The number of sulfonamides is 1. The summed E-state index contributed by atoms with van der Waals surface area (Å²) >= 11 is 6.16. The van der Waals surface area contributed by atoms with Crippen LogP contribution < -0.4 is 14.8 Å². The second-order valence-corrected chi connectivity index (χ2v) is 8.87. The van der Waals surface area contributed by atoms with Gasteiger partial charge in [-0.3, -0.25) is 4.79 Å². The molecule has 1 N–H and O–H groups in total. The van der Waals surface area contributed by atoms with Gasteiger partial charge in [0.1, 0.15) is 0 Å². The molecule has 2 aromatic rings. The molecule has 8 nitrogen and oxygen atoms in total. The van der Waals surface area contributed by atoms with Gasteiger partial charge in [-0.15, -0.1) is 0 Å². The lowest BCUT2D eigenvalue weighted by atomic mass is 10.1. The molecule has 154 valence electrons. The van der Waals surface area contributed by atoms with Gasteiger partial charge in [0.25, 0.3) is 5.91 Å². The molecule has 29 heavy (non-hydrogen) atoms. The molecule has 0 aromatic heterocycles. The number of carbonyl (C=O) groups is 1. The Balaban J connectivity index is 1.50. The molecular weight excluding hydrogens is 420 g/mol. The van der Waals surface area contributed by atoms with E-state index in [0.29, 0.717) is 24.7 Å². The highest BCUT2D eigenvalue weighted by atomic mass is 35.5. The normalized spacial score (nSPS) is 16.6. The van der Waals surface area contributed by atoms with E-state index in [-0.39, 0.29) is 41.9 Å². The highest BCUT2D eigenvalue weighted by Gasteiger charge is 2.27. The lowest BCUT2D eigenvalue weighted by Gasteiger charge is -2.26. The smallest absolute Gasteiger partial charge is 0.253 e. The van der Waals surface area contributed by atoms with Gasteiger partial charge < -0.3 is 19.5 Å². The first-order valence-electron chi connectivity index (χ1n) is 8.99. The van der Waals surface area contributed by atoms with Crippen molar-refractivity contribution >= 4 is 27.5 Å². The van der Waals surface area contributed by atoms with Crippen molar-refractivity contribution in [3.8, 4) is 11.5 Å². The van der Waals surface area contributed by atoms with Crippen molar-refractivity contribution in [1.82, 2.24) is 9.62 Å². The summed E-state index contributed by atoms with van der Waals surface area (Å²) in [5, 5.41) is 2.93. The second-order valence-electron chi connectivity index (χ2n) is 6.53. The third-order valence-electron chi connectivity index (χ3n) is 4.68. The number of hydrogen-bond donors (Lipinski definition) is 1. The zero-order valence-electron chi connectivity index (χ0n) is 15.4. The number of nitrogens with one attached hydrogen (secondary N) is 1. The summed E-state index contributed by atoms with van der Waals surface area (Å²) in [5.41, 5.74) is 0.914. The molecule has 1 amide bonds. The van der Waals surface area contributed by atoms with E-state index in [1.54, 1.807) is 12.1 Å². The number of morpholine rings is 1. The van der Waals surface area contributed by atoms with Crippen LogP contribution in [-0.4, -0.2) is 51.7 Å². The van der Waals surface area contributed by atoms with Gasteiger partial charge in [-0.1, -0.05) is 17.7 Å². The summed E-state index contributed by atoms with van der Waals surface area (Å²) in [6.45, 7) is 1.63. The first-order valence-corrected chi connectivity index (χ1v) is 10.8. The summed E-state index contributed by atoms with van der Waals surface area (Å²) in [5.74, 6) is 0.809. The Hall–Kier alpha value is -2.33. The SMILES string of the molecule is O=C(NCc1ccc2c(c1)OCO2)c1cc(S(=O)(=O)N2CCOCC2)ccc1Cl. The van der Waals surface area contributed by atoms with Gasteiger partial charge in [0.2, 0.25) is 16.8 Å². The third-order valence-corrected chi connectivity index (χ3v) is 6.90. The zero-order chi connectivity index (χ0) is 20.4. The number of nitrogens with zero attached hydrogens (tertiary/aromatic N) is 1. The molecular formula is C19H19ClN2O6S. The van der Waals surface area contributed by atoms with Gasteiger partial charge in [-0.2, -0.15) is 4.31 Å². The quantitative estimate of drug-likeness (QED) is 0.767. The summed E-state index contributed by atoms with van der Waals surface area (Å²) in [6.07, 6.45) is 0. The monoisotopic (exact) mass is 438 g/mol. The van der Waals surface area contributed by atoms with Gasteiger partial charge in [-0.25, -0.2) is 8.42 Å². The van der Waals surface area contributed by atoms with Crippen LogP contribution in [0.2, 0.25) is 5.02 Å². The van der Waals surface area contributed by atoms with Crippen molar-refractivity contribution in [1.29, 1.82) is 0 Å². The van der Waals surface area contributed by atoms with E-state index in [1.165, 1.54) is 22.5 Å². The molecule has 10 heteroatoms. The van der Waals surface area contributed by atoms with Crippen LogP contribution in [-0.2, 0) is 21.3 Å². The van der Waals surface area contributed by atoms with Gasteiger partial charge in [-0.05, 0) is 35.9 Å². The maximum atomic E-state index is 12.8. The lowest BCUT2D eigenvalue weighted by molar-refractivity contribution is 0.0730. The summed E-state index contributed by atoms with van der Waals surface area (Å²) in [7, 11) is -3.72. The number of halogens is 1. The Morgan fingerprint density at radius 3 is 2.62 bits per heavy atom. The van der Waals surface area contributed by atoms with Crippen molar-refractivity contribution in [3.05, 3.63) is 52.5 Å². The van der Waals surface area contributed by atoms with E-state index >= 15 is 0 Å². The molecule has 0 radical (unpaired) electrons. The van der Waals surface area contributed by atoms with E-state index in [2.05, 4.69) is 5.32 Å². The molecule has 0 bridgehead atoms. The lowest BCUT2D eigenvalue weighted by Crippen LogP contribution is -2.40. The Labute approximate surface area is 173 Å². The fraction of sp³-hybridized carbons (Fsp3) is 0.316. The molecule has 2 heterocycles. The van der Waals surface area contributed by atoms with Gasteiger partial charge in [0.15, 0.2) is 11.5 Å². The minimum atomic E-state index is -3.72. The molecule has 1 fully saturated rings. The average molecular weight is 439 g/mol. The number of carbonyl (C=O) groups excluding carboxylic acids is 1. The van der Waals surface area contributed by atoms with Crippen molar-refractivity contribution < 1.29 is 27.4 Å². The number of fused-ring (bicyclic) bond motifs is 1. The number of benzene rings is 2. The van der Waals surface area contributed by atoms with Crippen molar-refractivity contribution in [2.24, 2.45) is 0 Å². The molecule has 0 aliphatic carbocycles. The van der Waals surface area contributed by atoms with E-state index in [1.807, 2.05) is 6.07 Å². The molecule has 0 saturated carbocycles. The molecule has 2 aliphatic heterocycles. The predicted octanol–water partition coefficient (Wildman–Crippen LogP) is 2.02. The summed E-state index contributed by atoms with van der Waals surface area (Å²) in [4.78, 5) is 12.7. The van der Waals surface area contributed by atoms with Crippen LogP contribution in [0.3, 0.4) is 0 Å². The van der Waals surface area contributed by atoms with E-state index < -0.39 is 15.9 Å². The Morgan fingerprint density at radius 2 is 1.83 bits per heavy atom. The van der Waals surface area contributed by atoms with E-state index in [4.69, 9.17) is 25.8 Å². The summed E-state index contributed by atoms with van der Waals surface area (Å²) < 4.78 is 42.8. The molecule has 0 atom stereocenters. The molecule has 2 aliphatic rings. The van der Waals surface area contributed by atoms with Gasteiger partial charge in [0, 0.05) is 19.6 Å². The van der Waals surface area contributed by atoms with Crippen molar-refractivity contribution in [2.75, 3.05) is 33.1 Å². The van der Waals surface area contributed by atoms with Gasteiger partial charge in [0.05, 0.1) is 28.7 Å². The molecule has 1 saturated heterocycles. The largest absolute Gasteiger partial charge is 0.454 e. The van der Waals surface area contributed by atoms with Crippen LogP contribution in [0, 0.1) is 0 Å². The Kier molecular flexibility index (Phi) is 5.64. The fourth-order valence-corrected chi connectivity index (χ4v) is 4.74. The third kappa shape index (κ3) is 4.18. The maximum Gasteiger partial charge on any atom is 0.253 e. The average Bonchev–Trinajstić information content (AvgIpc) is 3.20. The van der Waals surface area contributed by atoms with E-state index in [0.717, 1.165) is 5.56 Å². The Bertz CT molecular complexity index is 1040. The predicted molar refractivity (Wildman–Crippen MR) is 105 cm³/mol. The zero-order valence-corrected chi connectivity index (χ0v) is 17.0. The van der Waals surface area contributed by atoms with Gasteiger partial charge >= 0.3 is 0 Å². The number of rotatable bonds is 5. The highest BCUT2D eigenvalue weighted by molar-refractivity contribution is 7.89. The first kappa shape index (κ1) is 20.0. The van der Waals surface area contributed by atoms with Crippen LogP contribution in [0.1, 0.15) is 15.9 Å². The van der Waals surface area contributed by atoms with Crippen LogP contribution >= 0.6 is 11.6 Å². The number of ether oxygens (including phenoxy) is 3. The van der Waals surface area contributed by atoms with Crippen LogP contribution in [0.5, 0.6) is 11.5 Å². The molecule has 0 spiro atoms. The van der Waals surface area contributed by atoms with Crippen molar-refractivity contribution in [2.45, 2.75) is 11.4 Å². The Morgan fingerprint density at radius 1 is 1.07 bits per heavy atom. The van der Waals surface area contributed by atoms with Crippen molar-refractivity contribution in [3.63, 3.8) is 0 Å². The topological polar surface area (TPSA) is 94.2 Å². The molecule has 2 aromatic carbocycles. The van der Waals surface area contributed by atoms with E-state index in [9.17, 15) is 13.2 Å². The minimum absolute atomic E-state index is 0.0250. The first-order chi connectivity index (χ1) is 13.9. The van der Waals surface area contributed by atoms with Crippen LogP contribution in [0.25, 0.3) is 0 Å². The molecule has 0 unspecified atom stereocenters.